The fraction of sp³-hybridized carbons (Fsp3) is 0.174. The maximum absolute atomic E-state index is 12.9. The molecule has 0 aliphatic carbocycles. The fourth-order valence-corrected chi connectivity index (χ4v) is 3.37. The van der Waals surface area contributed by atoms with Gasteiger partial charge in [-0.3, -0.25) is 4.79 Å². The van der Waals surface area contributed by atoms with E-state index in [1.807, 2.05) is 37.3 Å². The van der Waals surface area contributed by atoms with Crippen molar-refractivity contribution in [3.05, 3.63) is 92.9 Å². The first kappa shape index (κ1) is 21.5. The summed E-state index contributed by atoms with van der Waals surface area (Å²) in [7, 11) is 0. The quantitative estimate of drug-likeness (QED) is 0.363. The molecule has 0 radical (unpaired) electrons. The number of carbonyl (C=O) groups excluding carboxylic acids is 1. The van der Waals surface area contributed by atoms with Crippen LogP contribution in [0.3, 0.4) is 0 Å². The van der Waals surface area contributed by atoms with Gasteiger partial charge in [-0.15, -0.1) is 0 Å². The number of ether oxygens (including phenoxy) is 1. The number of Topliss-reactive ketones (excluding diaryl/α,β-unsaturated/α-hetero) is 1. The molecule has 3 nitrogen and oxygen atoms in total. The molecular formula is C23H20Cl3NO2. The summed E-state index contributed by atoms with van der Waals surface area (Å²) in [6, 6.07) is 19.6. The molecule has 150 valence electrons. The molecule has 0 aliphatic rings. The minimum absolute atomic E-state index is 0.00354. The summed E-state index contributed by atoms with van der Waals surface area (Å²) < 4.78 is 5.49. The normalized spacial score (nSPS) is 11.7. The second-order valence-electron chi connectivity index (χ2n) is 6.46. The lowest BCUT2D eigenvalue weighted by molar-refractivity contribution is 0.0976. The molecule has 0 saturated carbocycles. The van der Waals surface area contributed by atoms with Gasteiger partial charge in [0.25, 0.3) is 0 Å². The lowest BCUT2D eigenvalue weighted by Crippen LogP contribution is -2.16. The van der Waals surface area contributed by atoms with Crippen molar-refractivity contribution in [1.82, 2.24) is 0 Å². The molecule has 0 bridgehead atoms. The molecule has 0 aliphatic heterocycles. The van der Waals surface area contributed by atoms with Crippen molar-refractivity contribution < 1.29 is 9.53 Å². The van der Waals surface area contributed by atoms with Gasteiger partial charge < -0.3 is 10.1 Å². The fourth-order valence-electron chi connectivity index (χ4n) is 2.94. The molecular weight excluding hydrogens is 429 g/mol. The van der Waals surface area contributed by atoms with Crippen LogP contribution < -0.4 is 10.1 Å². The standard InChI is InChI=1S/C23H20Cl3NO2/c1-2-29-19-10-8-18(9-11-19)27-22(16-5-12-20(25)21(26)13-16)14-23(28)15-3-6-17(24)7-4-15/h3-13,22,27H,2,14H2,1H3. The SMILES string of the molecule is CCOc1ccc(NC(CC(=O)c2ccc(Cl)cc2)c2ccc(Cl)c(Cl)c2)cc1. The molecule has 6 heteroatoms. The van der Waals surface area contributed by atoms with Crippen LogP contribution >= 0.6 is 34.8 Å². The van der Waals surface area contributed by atoms with E-state index in [0.29, 0.717) is 27.2 Å². The molecule has 3 aromatic rings. The van der Waals surface area contributed by atoms with E-state index in [9.17, 15) is 4.79 Å². The third-order valence-electron chi connectivity index (χ3n) is 4.41. The molecule has 1 unspecified atom stereocenters. The maximum Gasteiger partial charge on any atom is 0.165 e. The van der Waals surface area contributed by atoms with Crippen molar-refractivity contribution >= 4 is 46.3 Å². The average Bonchev–Trinajstić information content (AvgIpc) is 2.71. The smallest absolute Gasteiger partial charge is 0.165 e. The summed E-state index contributed by atoms with van der Waals surface area (Å²) >= 11 is 18.2. The van der Waals surface area contributed by atoms with Crippen LogP contribution in [0.4, 0.5) is 5.69 Å². The van der Waals surface area contributed by atoms with Gasteiger partial charge in [-0.2, -0.15) is 0 Å². The first-order chi connectivity index (χ1) is 14.0. The predicted octanol–water partition coefficient (Wildman–Crippen LogP) is 7.47. The van der Waals surface area contributed by atoms with E-state index < -0.39 is 0 Å². The van der Waals surface area contributed by atoms with Gasteiger partial charge in [0.1, 0.15) is 5.75 Å². The third kappa shape index (κ3) is 5.89. The number of rotatable bonds is 8. The summed E-state index contributed by atoms with van der Waals surface area (Å²) in [5.74, 6) is 0.789. The highest BCUT2D eigenvalue weighted by atomic mass is 35.5. The number of hydrogen-bond donors (Lipinski definition) is 1. The minimum atomic E-state index is -0.286. The first-order valence-electron chi connectivity index (χ1n) is 9.19. The Balaban J connectivity index is 1.85. The number of nitrogens with one attached hydrogen (secondary N) is 1. The van der Waals surface area contributed by atoms with E-state index in [1.54, 1.807) is 36.4 Å². The lowest BCUT2D eigenvalue weighted by Gasteiger charge is -2.21. The molecule has 3 rings (SSSR count). The molecule has 0 fully saturated rings. The van der Waals surface area contributed by atoms with Crippen LogP contribution in [0, 0.1) is 0 Å². The van der Waals surface area contributed by atoms with Crippen LogP contribution in [0.15, 0.2) is 66.7 Å². The van der Waals surface area contributed by atoms with Crippen LogP contribution in [-0.2, 0) is 0 Å². The summed E-state index contributed by atoms with van der Waals surface area (Å²) in [5.41, 5.74) is 2.34. The van der Waals surface area contributed by atoms with Crippen LogP contribution in [0.25, 0.3) is 0 Å². The maximum atomic E-state index is 12.9. The van der Waals surface area contributed by atoms with E-state index in [2.05, 4.69) is 5.32 Å². The summed E-state index contributed by atoms with van der Waals surface area (Å²) in [5, 5.41) is 4.93. The van der Waals surface area contributed by atoms with Crippen LogP contribution in [0.5, 0.6) is 5.75 Å². The van der Waals surface area contributed by atoms with Gasteiger partial charge >= 0.3 is 0 Å². The number of benzene rings is 3. The summed E-state index contributed by atoms with van der Waals surface area (Å²) in [6.07, 6.45) is 0.243. The van der Waals surface area contributed by atoms with Crippen molar-refractivity contribution in [1.29, 1.82) is 0 Å². The molecule has 1 N–H and O–H groups in total. The van der Waals surface area contributed by atoms with Crippen molar-refractivity contribution in [3.63, 3.8) is 0 Å². The Morgan fingerprint density at radius 3 is 2.24 bits per heavy atom. The Morgan fingerprint density at radius 2 is 1.62 bits per heavy atom. The minimum Gasteiger partial charge on any atom is -0.494 e. The van der Waals surface area contributed by atoms with E-state index in [0.717, 1.165) is 17.0 Å². The van der Waals surface area contributed by atoms with Gasteiger partial charge in [0.15, 0.2) is 5.78 Å². The zero-order valence-electron chi connectivity index (χ0n) is 15.8. The predicted molar refractivity (Wildman–Crippen MR) is 121 cm³/mol. The van der Waals surface area contributed by atoms with Crippen molar-refractivity contribution in [2.45, 2.75) is 19.4 Å². The highest BCUT2D eigenvalue weighted by Gasteiger charge is 2.18. The molecule has 1 atom stereocenters. The number of ketones is 1. The number of halogens is 3. The topological polar surface area (TPSA) is 38.3 Å². The zero-order valence-corrected chi connectivity index (χ0v) is 18.1. The van der Waals surface area contributed by atoms with Crippen LogP contribution in [0.2, 0.25) is 15.1 Å². The third-order valence-corrected chi connectivity index (χ3v) is 5.40. The van der Waals surface area contributed by atoms with E-state index in [-0.39, 0.29) is 18.2 Å². The van der Waals surface area contributed by atoms with Gasteiger partial charge in [0.05, 0.1) is 22.7 Å². The van der Waals surface area contributed by atoms with Crippen molar-refractivity contribution in [2.75, 3.05) is 11.9 Å². The van der Waals surface area contributed by atoms with Gasteiger partial charge in [0, 0.05) is 22.7 Å². The zero-order chi connectivity index (χ0) is 20.8. The largest absolute Gasteiger partial charge is 0.494 e. The van der Waals surface area contributed by atoms with Crippen LogP contribution in [-0.4, -0.2) is 12.4 Å². The highest BCUT2D eigenvalue weighted by molar-refractivity contribution is 6.42. The Kier molecular flexibility index (Phi) is 7.43. The Morgan fingerprint density at radius 1 is 0.931 bits per heavy atom. The molecule has 3 aromatic carbocycles. The molecule has 0 heterocycles. The van der Waals surface area contributed by atoms with Crippen molar-refractivity contribution in [2.24, 2.45) is 0 Å². The second kappa shape index (κ2) is 10.0. The Bertz CT molecular complexity index is 972. The van der Waals surface area contributed by atoms with E-state index in [4.69, 9.17) is 39.5 Å². The Hall–Kier alpha value is -2.20. The van der Waals surface area contributed by atoms with Gasteiger partial charge in [-0.25, -0.2) is 0 Å². The summed E-state index contributed by atoms with van der Waals surface area (Å²) in [6.45, 7) is 2.54. The lowest BCUT2D eigenvalue weighted by atomic mass is 9.97. The average molecular weight is 449 g/mol. The van der Waals surface area contributed by atoms with E-state index in [1.165, 1.54) is 0 Å². The van der Waals surface area contributed by atoms with Gasteiger partial charge in [0.2, 0.25) is 0 Å². The second-order valence-corrected chi connectivity index (χ2v) is 7.71. The first-order valence-corrected chi connectivity index (χ1v) is 10.3. The van der Waals surface area contributed by atoms with Gasteiger partial charge in [-0.1, -0.05) is 40.9 Å². The number of hydrogen-bond acceptors (Lipinski definition) is 3. The molecule has 0 spiro atoms. The molecule has 0 aromatic heterocycles. The van der Waals surface area contributed by atoms with Crippen LogP contribution in [0.1, 0.15) is 35.3 Å². The van der Waals surface area contributed by atoms with Gasteiger partial charge in [-0.05, 0) is 73.2 Å². The van der Waals surface area contributed by atoms with Crippen molar-refractivity contribution in [3.8, 4) is 5.75 Å². The highest BCUT2D eigenvalue weighted by Crippen LogP contribution is 2.30. The molecule has 29 heavy (non-hydrogen) atoms. The number of anilines is 1. The van der Waals surface area contributed by atoms with E-state index >= 15 is 0 Å². The number of carbonyl (C=O) groups is 1. The molecule has 0 amide bonds. The Labute approximate surface area is 185 Å². The monoisotopic (exact) mass is 447 g/mol. The summed E-state index contributed by atoms with van der Waals surface area (Å²) in [4.78, 5) is 12.9. The molecule has 0 saturated heterocycles.